The molecule has 172 valence electrons. The van der Waals surface area contributed by atoms with Crippen LogP contribution in [-0.2, 0) is 16.0 Å². The van der Waals surface area contributed by atoms with E-state index in [9.17, 15) is 4.39 Å². The summed E-state index contributed by atoms with van der Waals surface area (Å²) in [6.07, 6.45) is 3.14. The Morgan fingerprint density at radius 1 is 1.17 bits per heavy atom. The Morgan fingerprint density at radius 2 is 1.93 bits per heavy atom. The Hall–Kier alpha value is -0.970. The summed E-state index contributed by atoms with van der Waals surface area (Å²) in [7, 11) is 1.68. The molecule has 1 aromatic rings. The average molecular weight is 536 g/mol. The zero-order valence-corrected chi connectivity index (χ0v) is 20.7. The van der Waals surface area contributed by atoms with E-state index in [1.807, 2.05) is 12.1 Å². The summed E-state index contributed by atoms with van der Waals surface area (Å²) in [6, 6.07) is 7.06. The molecule has 1 aromatic carbocycles. The van der Waals surface area contributed by atoms with Crippen LogP contribution in [0.4, 0.5) is 4.39 Å². The fourth-order valence-corrected chi connectivity index (χ4v) is 3.38. The molecule has 0 aromatic heterocycles. The van der Waals surface area contributed by atoms with Gasteiger partial charge >= 0.3 is 0 Å². The van der Waals surface area contributed by atoms with Gasteiger partial charge in [-0.05, 0) is 51.3 Å². The number of halogens is 2. The Balaban J connectivity index is 0.00000450. The third-order valence-electron chi connectivity index (χ3n) is 5.10. The minimum atomic E-state index is -0.107. The number of likely N-dealkylation sites (tertiary alicyclic amines) is 1. The SMILES string of the molecule is CCNC(=NCC1CCN(Cc2ccccc2F)CC1)NCCCOCCOC.I. The fraction of sp³-hybridized carbons (Fsp3) is 0.682. The lowest BCUT2D eigenvalue weighted by Crippen LogP contribution is -2.39. The van der Waals surface area contributed by atoms with Gasteiger partial charge in [0.15, 0.2) is 5.96 Å². The third kappa shape index (κ3) is 10.9. The number of piperidine rings is 1. The maximum absolute atomic E-state index is 13.8. The molecule has 1 aliphatic heterocycles. The molecule has 0 aliphatic carbocycles. The van der Waals surface area contributed by atoms with Crippen LogP contribution in [0, 0.1) is 11.7 Å². The molecule has 6 nitrogen and oxygen atoms in total. The minimum Gasteiger partial charge on any atom is -0.382 e. The van der Waals surface area contributed by atoms with Gasteiger partial charge in [0.05, 0.1) is 13.2 Å². The maximum Gasteiger partial charge on any atom is 0.191 e. The third-order valence-corrected chi connectivity index (χ3v) is 5.10. The van der Waals surface area contributed by atoms with Crippen LogP contribution in [-0.4, -0.2) is 70.5 Å². The number of nitrogens with zero attached hydrogens (tertiary/aromatic N) is 2. The molecule has 2 N–H and O–H groups in total. The van der Waals surface area contributed by atoms with Crippen molar-refractivity contribution < 1.29 is 13.9 Å². The van der Waals surface area contributed by atoms with Crippen LogP contribution in [0.2, 0.25) is 0 Å². The summed E-state index contributed by atoms with van der Waals surface area (Å²) in [5.41, 5.74) is 0.786. The molecule has 8 heteroatoms. The Morgan fingerprint density at radius 3 is 2.63 bits per heavy atom. The molecule has 0 unspecified atom stereocenters. The Labute approximate surface area is 198 Å². The van der Waals surface area contributed by atoms with Crippen LogP contribution in [0.3, 0.4) is 0 Å². The molecule has 1 fully saturated rings. The first-order chi connectivity index (χ1) is 14.2. The molecule has 0 atom stereocenters. The van der Waals surface area contributed by atoms with Gasteiger partial charge in [-0.25, -0.2) is 4.39 Å². The molecule has 30 heavy (non-hydrogen) atoms. The van der Waals surface area contributed by atoms with E-state index in [0.29, 0.717) is 25.7 Å². The van der Waals surface area contributed by atoms with Gasteiger partial charge in [-0.15, -0.1) is 24.0 Å². The lowest BCUT2D eigenvalue weighted by atomic mass is 9.96. The number of guanidine groups is 1. The second kappa shape index (κ2) is 16.7. The topological polar surface area (TPSA) is 58.1 Å². The van der Waals surface area contributed by atoms with Crippen molar-refractivity contribution in [3.05, 3.63) is 35.6 Å². The quantitative estimate of drug-likeness (QED) is 0.186. The number of hydrogen-bond donors (Lipinski definition) is 2. The fourth-order valence-electron chi connectivity index (χ4n) is 3.38. The highest BCUT2D eigenvalue weighted by Gasteiger charge is 2.20. The number of nitrogens with one attached hydrogen (secondary N) is 2. The second-order valence-corrected chi connectivity index (χ2v) is 7.42. The average Bonchev–Trinajstić information content (AvgIpc) is 2.74. The second-order valence-electron chi connectivity index (χ2n) is 7.42. The van der Waals surface area contributed by atoms with Gasteiger partial charge in [0, 0.05) is 45.5 Å². The number of hydrogen-bond acceptors (Lipinski definition) is 4. The van der Waals surface area contributed by atoms with E-state index in [1.54, 1.807) is 13.2 Å². The molecule has 0 amide bonds. The zero-order valence-electron chi connectivity index (χ0n) is 18.4. The van der Waals surface area contributed by atoms with Gasteiger partial charge in [-0.1, -0.05) is 18.2 Å². The first-order valence-corrected chi connectivity index (χ1v) is 10.8. The number of methoxy groups -OCH3 is 1. The Kier molecular flexibility index (Phi) is 15.1. The lowest BCUT2D eigenvalue weighted by molar-refractivity contribution is 0.0698. The maximum atomic E-state index is 13.8. The van der Waals surface area contributed by atoms with Crippen LogP contribution in [0.1, 0.15) is 31.7 Å². The van der Waals surface area contributed by atoms with Crippen molar-refractivity contribution in [3.63, 3.8) is 0 Å². The largest absolute Gasteiger partial charge is 0.382 e. The summed E-state index contributed by atoms with van der Waals surface area (Å²) in [5.74, 6) is 1.35. The van der Waals surface area contributed by atoms with E-state index in [1.165, 1.54) is 6.07 Å². The van der Waals surface area contributed by atoms with E-state index < -0.39 is 0 Å². The minimum absolute atomic E-state index is 0. The van der Waals surface area contributed by atoms with Crippen molar-refractivity contribution in [2.24, 2.45) is 10.9 Å². The van der Waals surface area contributed by atoms with Crippen LogP contribution in [0.15, 0.2) is 29.3 Å². The molecule has 0 bridgehead atoms. The number of benzene rings is 1. The predicted molar refractivity (Wildman–Crippen MR) is 131 cm³/mol. The van der Waals surface area contributed by atoms with Crippen LogP contribution in [0.5, 0.6) is 0 Å². The first-order valence-electron chi connectivity index (χ1n) is 10.8. The highest BCUT2D eigenvalue weighted by Crippen LogP contribution is 2.20. The van der Waals surface area contributed by atoms with Crippen LogP contribution < -0.4 is 10.6 Å². The molecule has 1 aliphatic rings. The van der Waals surface area contributed by atoms with Crippen LogP contribution in [0.25, 0.3) is 0 Å². The summed E-state index contributed by atoms with van der Waals surface area (Å²) < 4.78 is 24.3. The van der Waals surface area contributed by atoms with Crippen molar-refractivity contribution in [3.8, 4) is 0 Å². The van der Waals surface area contributed by atoms with Gasteiger partial charge in [0.1, 0.15) is 5.82 Å². The van der Waals surface area contributed by atoms with E-state index in [2.05, 4.69) is 22.5 Å². The van der Waals surface area contributed by atoms with Gasteiger partial charge < -0.3 is 20.1 Å². The molecule has 2 rings (SSSR count). The summed E-state index contributed by atoms with van der Waals surface area (Å²) in [4.78, 5) is 7.10. The smallest absolute Gasteiger partial charge is 0.191 e. The molecule has 1 saturated heterocycles. The number of aliphatic imine (C=N–C) groups is 1. The predicted octanol–water partition coefficient (Wildman–Crippen LogP) is 3.26. The highest BCUT2D eigenvalue weighted by atomic mass is 127. The van der Waals surface area contributed by atoms with Crippen molar-refractivity contribution in [1.29, 1.82) is 0 Å². The van der Waals surface area contributed by atoms with Gasteiger partial charge in [-0.2, -0.15) is 0 Å². The van der Waals surface area contributed by atoms with E-state index in [0.717, 1.165) is 70.1 Å². The van der Waals surface area contributed by atoms with Crippen molar-refractivity contribution in [2.45, 2.75) is 32.7 Å². The molecule has 1 heterocycles. The van der Waals surface area contributed by atoms with E-state index >= 15 is 0 Å². The lowest BCUT2D eigenvalue weighted by Gasteiger charge is -2.31. The van der Waals surface area contributed by atoms with Gasteiger partial charge in [-0.3, -0.25) is 9.89 Å². The van der Waals surface area contributed by atoms with Crippen molar-refractivity contribution in [1.82, 2.24) is 15.5 Å². The zero-order chi connectivity index (χ0) is 20.7. The van der Waals surface area contributed by atoms with Gasteiger partial charge in [0.25, 0.3) is 0 Å². The normalized spacial score (nSPS) is 15.6. The van der Waals surface area contributed by atoms with Crippen LogP contribution >= 0.6 is 24.0 Å². The standard InChI is InChI=1S/C22H37FN4O2.HI/c1-3-24-22(25-11-6-14-29-16-15-28-2)26-17-19-9-12-27(13-10-19)18-20-7-4-5-8-21(20)23;/h4-5,7-8,19H,3,6,9-18H2,1-2H3,(H2,24,25,26);1H. The van der Waals surface area contributed by atoms with E-state index in [-0.39, 0.29) is 29.8 Å². The summed E-state index contributed by atoms with van der Waals surface area (Å²) in [5, 5.41) is 6.68. The van der Waals surface area contributed by atoms with Crippen molar-refractivity contribution >= 4 is 29.9 Å². The molecular formula is C22H38FIN4O2. The number of ether oxygens (including phenoxy) is 2. The van der Waals surface area contributed by atoms with Gasteiger partial charge in [0.2, 0.25) is 0 Å². The van der Waals surface area contributed by atoms with Crippen molar-refractivity contribution in [2.75, 3.05) is 59.7 Å². The molecule has 0 spiro atoms. The highest BCUT2D eigenvalue weighted by molar-refractivity contribution is 14.0. The van der Waals surface area contributed by atoms with E-state index in [4.69, 9.17) is 14.5 Å². The Bertz CT molecular complexity index is 598. The molecule has 0 radical (unpaired) electrons. The number of rotatable bonds is 12. The summed E-state index contributed by atoms with van der Waals surface area (Å²) in [6.45, 7) is 9.26. The molecular weight excluding hydrogens is 498 g/mol. The molecule has 0 saturated carbocycles. The first kappa shape index (κ1) is 27.1. The monoisotopic (exact) mass is 536 g/mol. The summed E-state index contributed by atoms with van der Waals surface area (Å²) >= 11 is 0.